The summed E-state index contributed by atoms with van der Waals surface area (Å²) in [5.41, 5.74) is -0.0732. The normalized spacial score (nSPS) is 13.1. The Kier molecular flexibility index (Phi) is 4.87. The lowest BCUT2D eigenvalue weighted by atomic mass is 10.1. The van der Waals surface area contributed by atoms with Crippen LogP contribution in [-0.2, 0) is 15.6 Å². The van der Waals surface area contributed by atoms with E-state index in [-0.39, 0.29) is 11.1 Å². The zero-order valence-electron chi connectivity index (χ0n) is 11.3. The van der Waals surface area contributed by atoms with Crippen LogP contribution in [0.25, 0.3) is 0 Å². The van der Waals surface area contributed by atoms with Crippen LogP contribution in [-0.4, -0.2) is 19.3 Å². The first kappa shape index (κ1) is 16.5. The van der Waals surface area contributed by atoms with Crippen molar-refractivity contribution in [3.63, 3.8) is 0 Å². The SMILES string of the molecule is O=S(=O)(Cc1cccc(F)c1)CC(O)c1ccc(F)cc1F. The van der Waals surface area contributed by atoms with Crippen LogP contribution in [0.5, 0.6) is 0 Å². The predicted molar refractivity (Wildman–Crippen MR) is 75.2 cm³/mol. The Morgan fingerprint density at radius 1 is 1.00 bits per heavy atom. The standard InChI is InChI=1S/C15H13F3O3S/c16-11-3-1-2-10(6-11)8-22(20,21)9-15(19)13-5-4-12(17)7-14(13)18/h1-7,15,19H,8-9H2. The molecular weight excluding hydrogens is 317 g/mol. The van der Waals surface area contributed by atoms with E-state index in [1.54, 1.807) is 0 Å². The second-order valence-corrected chi connectivity index (χ2v) is 6.98. The van der Waals surface area contributed by atoms with Crippen LogP contribution in [0.15, 0.2) is 42.5 Å². The smallest absolute Gasteiger partial charge is 0.157 e. The third kappa shape index (κ3) is 4.32. The van der Waals surface area contributed by atoms with Gasteiger partial charge in [-0.1, -0.05) is 18.2 Å². The second kappa shape index (κ2) is 6.50. The quantitative estimate of drug-likeness (QED) is 0.917. The summed E-state index contributed by atoms with van der Waals surface area (Å²) in [6.45, 7) is 0. The number of hydrogen-bond donors (Lipinski definition) is 1. The van der Waals surface area contributed by atoms with Gasteiger partial charge in [0, 0.05) is 11.6 Å². The number of sulfone groups is 1. The van der Waals surface area contributed by atoms with Crippen molar-refractivity contribution in [2.75, 3.05) is 5.75 Å². The summed E-state index contributed by atoms with van der Waals surface area (Å²) >= 11 is 0. The fraction of sp³-hybridized carbons (Fsp3) is 0.200. The van der Waals surface area contributed by atoms with Gasteiger partial charge in [0.2, 0.25) is 0 Å². The van der Waals surface area contributed by atoms with Gasteiger partial charge in [-0.15, -0.1) is 0 Å². The molecule has 0 aromatic heterocycles. The van der Waals surface area contributed by atoms with E-state index in [0.29, 0.717) is 6.07 Å². The van der Waals surface area contributed by atoms with Gasteiger partial charge >= 0.3 is 0 Å². The molecule has 0 bridgehead atoms. The lowest BCUT2D eigenvalue weighted by Crippen LogP contribution is -2.17. The number of rotatable bonds is 5. The van der Waals surface area contributed by atoms with Gasteiger partial charge in [0.25, 0.3) is 0 Å². The third-order valence-corrected chi connectivity index (χ3v) is 4.61. The minimum Gasteiger partial charge on any atom is -0.387 e. The summed E-state index contributed by atoms with van der Waals surface area (Å²) in [6, 6.07) is 7.55. The molecule has 2 rings (SSSR count). The van der Waals surface area contributed by atoms with E-state index >= 15 is 0 Å². The van der Waals surface area contributed by atoms with Crippen molar-refractivity contribution < 1.29 is 26.7 Å². The van der Waals surface area contributed by atoms with Gasteiger partial charge < -0.3 is 5.11 Å². The average Bonchev–Trinajstić information content (AvgIpc) is 2.36. The first-order chi connectivity index (χ1) is 10.3. The first-order valence-electron chi connectivity index (χ1n) is 6.35. The van der Waals surface area contributed by atoms with Crippen molar-refractivity contribution in [1.29, 1.82) is 0 Å². The molecule has 118 valence electrons. The molecule has 0 amide bonds. The molecule has 2 aromatic rings. The fourth-order valence-electron chi connectivity index (χ4n) is 2.04. The Morgan fingerprint density at radius 2 is 1.68 bits per heavy atom. The molecule has 0 saturated carbocycles. The summed E-state index contributed by atoms with van der Waals surface area (Å²) in [5.74, 6) is -3.64. The predicted octanol–water partition coefficient (Wildman–Crippen LogP) is 2.75. The molecule has 7 heteroatoms. The molecule has 0 radical (unpaired) electrons. The summed E-state index contributed by atoms with van der Waals surface area (Å²) in [6.07, 6.45) is -1.63. The lowest BCUT2D eigenvalue weighted by molar-refractivity contribution is 0.196. The van der Waals surface area contributed by atoms with E-state index in [4.69, 9.17) is 0 Å². The number of halogens is 3. The molecule has 0 aliphatic rings. The molecule has 0 spiro atoms. The van der Waals surface area contributed by atoms with Crippen molar-refractivity contribution in [3.05, 3.63) is 71.0 Å². The topological polar surface area (TPSA) is 54.4 Å². The molecule has 0 heterocycles. The number of aliphatic hydroxyl groups is 1. The highest BCUT2D eigenvalue weighted by atomic mass is 32.2. The molecule has 2 aromatic carbocycles. The van der Waals surface area contributed by atoms with Gasteiger partial charge in [-0.25, -0.2) is 21.6 Å². The van der Waals surface area contributed by atoms with Gasteiger partial charge in [-0.2, -0.15) is 0 Å². The van der Waals surface area contributed by atoms with Crippen LogP contribution in [0, 0.1) is 17.5 Å². The van der Waals surface area contributed by atoms with Gasteiger partial charge in [0.1, 0.15) is 17.5 Å². The van der Waals surface area contributed by atoms with E-state index in [0.717, 1.165) is 18.2 Å². The van der Waals surface area contributed by atoms with Crippen molar-refractivity contribution in [2.45, 2.75) is 11.9 Å². The minimum atomic E-state index is -3.80. The van der Waals surface area contributed by atoms with E-state index in [1.807, 2.05) is 0 Å². The zero-order valence-corrected chi connectivity index (χ0v) is 12.2. The molecule has 0 aliphatic heterocycles. The molecule has 0 saturated heterocycles. The van der Waals surface area contributed by atoms with E-state index in [1.165, 1.54) is 18.2 Å². The lowest BCUT2D eigenvalue weighted by Gasteiger charge is -2.12. The van der Waals surface area contributed by atoms with Crippen molar-refractivity contribution in [1.82, 2.24) is 0 Å². The van der Waals surface area contributed by atoms with Crippen molar-refractivity contribution in [3.8, 4) is 0 Å². The average molecular weight is 330 g/mol. The molecular formula is C15H13F3O3S. The Morgan fingerprint density at radius 3 is 2.32 bits per heavy atom. The Labute approximate surface area is 125 Å². The highest BCUT2D eigenvalue weighted by Crippen LogP contribution is 2.21. The largest absolute Gasteiger partial charge is 0.387 e. The Hall–Kier alpha value is -1.86. The monoisotopic (exact) mass is 330 g/mol. The van der Waals surface area contributed by atoms with Crippen LogP contribution in [0.1, 0.15) is 17.2 Å². The Balaban J connectivity index is 2.14. The fourth-order valence-corrected chi connectivity index (χ4v) is 3.51. The molecule has 1 unspecified atom stereocenters. The van der Waals surface area contributed by atoms with E-state index < -0.39 is 44.9 Å². The maximum atomic E-state index is 13.5. The number of aliphatic hydroxyl groups excluding tert-OH is 1. The van der Waals surface area contributed by atoms with E-state index in [9.17, 15) is 26.7 Å². The Bertz CT molecular complexity index is 775. The highest BCUT2D eigenvalue weighted by Gasteiger charge is 2.22. The van der Waals surface area contributed by atoms with E-state index in [2.05, 4.69) is 0 Å². The van der Waals surface area contributed by atoms with Gasteiger partial charge in [-0.3, -0.25) is 0 Å². The minimum absolute atomic E-state index is 0.228. The molecule has 1 atom stereocenters. The molecule has 22 heavy (non-hydrogen) atoms. The van der Waals surface area contributed by atoms with Crippen LogP contribution < -0.4 is 0 Å². The first-order valence-corrected chi connectivity index (χ1v) is 8.17. The third-order valence-electron chi connectivity index (χ3n) is 3.01. The van der Waals surface area contributed by atoms with Gasteiger partial charge in [0.15, 0.2) is 9.84 Å². The highest BCUT2D eigenvalue weighted by molar-refractivity contribution is 7.90. The number of benzene rings is 2. The van der Waals surface area contributed by atoms with Crippen molar-refractivity contribution in [2.24, 2.45) is 0 Å². The van der Waals surface area contributed by atoms with Crippen LogP contribution in [0.4, 0.5) is 13.2 Å². The molecule has 3 nitrogen and oxygen atoms in total. The summed E-state index contributed by atoms with van der Waals surface area (Å²) in [4.78, 5) is 0. The van der Waals surface area contributed by atoms with Gasteiger partial charge in [0.05, 0.1) is 17.6 Å². The zero-order chi connectivity index (χ0) is 16.3. The van der Waals surface area contributed by atoms with Crippen LogP contribution in [0.3, 0.4) is 0 Å². The molecule has 0 fully saturated rings. The maximum Gasteiger partial charge on any atom is 0.157 e. The summed E-state index contributed by atoms with van der Waals surface area (Å²) in [7, 11) is -3.80. The summed E-state index contributed by atoms with van der Waals surface area (Å²) < 4.78 is 63.3. The van der Waals surface area contributed by atoms with Crippen LogP contribution in [0.2, 0.25) is 0 Å². The molecule has 1 N–H and O–H groups in total. The maximum absolute atomic E-state index is 13.5. The van der Waals surface area contributed by atoms with Crippen LogP contribution >= 0.6 is 0 Å². The number of hydrogen-bond acceptors (Lipinski definition) is 3. The molecule has 0 aliphatic carbocycles. The van der Waals surface area contributed by atoms with Gasteiger partial charge in [-0.05, 0) is 23.8 Å². The van der Waals surface area contributed by atoms with Crippen molar-refractivity contribution >= 4 is 9.84 Å². The summed E-state index contributed by atoms with van der Waals surface area (Å²) in [5, 5.41) is 9.84. The second-order valence-electron chi connectivity index (χ2n) is 4.87.